The maximum Gasteiger partial charge on any atom is 0.232 e. The van der Waals surface area contributed by atoms with Gasteiger partial charge in [-0.1, -0.05) is 6.92 Å². The fourth-order valence-electron chi connectivity index (χ4n) is 3.33. The van der Waals surface area contributed by atoms with Crippen molar-refractivity contribution < 1.29 is 22.0 Å². The molecule has 3 heterocycles. The molecule has 33 heavy (non-hydrogen) atoms. The van der Waals surface area contributed by atoms with Crippen molar-refractivity contribution in [2.75, 3.05) is 10.5 Å². The Morgan fingerprint density at radius 3 is 2.73 bits per heavy atom. The van der Waals surface area contributed by atoms with Crippen LogP contribution in [0.4, 0.5) is 14.5 Å². The molecule has 4 aromatic rings. The number of rotatable bonds is 8. The Kier molecular flexibility index (Phi) is 6.14. The van der Waals surface area contributed by atoms with Gasteiger partial charge in [-0.25, -0.2) is 27.2 Å². The molecule has 0 unspecified atom stereocenters. The summed E-state index contributed by atoms with van der Waals surface area (Å²) in [6.45, 7) is 1.65. The average Bonchev–Trinajstić information content (AvgIpc) is 3.20. The molecule has 1 aromatic carbocycles. The molecule has 0 saturated heterocycles. The van der Waals surface area contributed by atoms with Gasteiger partial charge in [0.1, 0.15) is 11.6 Å². The predicted molar refractivity (Wildman–Crippen MR) is 119 cm³/mol. The van der Waals surface area contributed by atoms with Crippen LogP contribution >= 0.6 is 0 Å². The SMILES string of the molecule is CCCS(=O)(=O)Nc1ccc(F)c(C(=O)Cc2cnc3nc(-c4cccnc4)[nH]c3c2)c1F. The fraction of sp³-hybridized carbons (Fsp3) is 0.182. The van der Waals surface area contributed by atoms with Crippen molar-refractivity contribution in [3.8, 4) is 11.4 Å². The number of nitrogens with one attached hydrogen (secondary N) is 2. The monoisotopic (exact) mass is 471 g/mol. The second-order valence-corrected chi connectivity index (χ2v) is 9.19. The van der Waals surface area contributed by atoms with Crippen LogP contribution in [-0.2, 0) is 16.4 Å². The molecule has 0 spiro atoms. The number of Topliss-reactive ketones (excluding diaryl/α,β-unsaturated/α-hetero) is 1. The molecule has 0 aliphatic carbocycles. The lowest BCUT2D eigenvalue weighted by Gasteiger charge is -2.11. The minimum atomic E-state index is -3.82. The summed E-state index contributed by atoms with van der Waals surface area (Å²) in [7, 11) is -3.82. The van der Waals surface area contributed by atoms with Gasteiger partial charge in [0.25, 0.3) is 0 Å². The third-order valence-electron chi connectivity index (χ3n) is 4.80. The molecular weight excluding hydrogens is 452 g/mol. The van der Waals surface area contributed by atoms with E-state index in [4.69, 9.17) is 0 Å². The first-order valence-electron chi connectivity index (χ1n) is 10.0. The number of imidazole rings is 1. The van der Waals surface area contributed by atoms with E-state index in [0.717, 1.165) is 17.7 Å². The maximum atomic E-state index is 14.9. The highest BCUT2D eigenvalue weighted by atomic mass is 32.2. The molecule has 0 aliphatic heterocycles. The third kappa shape index (κ3) is 4.87. The Hall–Kier alpha value is -3.73. The molecule has 3 aromatic heterocycles. The zero-order chi connectivity index (χ0) is 23.6. The van der Waals surface area contributed by atoms with Crippen LogP contribution in [0.3, 0.4) is 0 Å². The highest BCUT2D eigenvalue weighted by Gasteiger charge is 2.23. The molecule has 0 bridgehead atoms. The van der Waals surface area contributed by atoms with Crippen LogP contribution in [0.25, 0.3) is 22.6 Å². The van der Waals surface area contributed by atoms with Crippen LogP contribution in [0.1, 0.15) is 29.3 Å². The van der Waals surface area contributed by atoms with E-state index in [1.165, 1.54) is 6.20 Å². The number of hydrogen-bond acceptors (Lipinski definition) is 6. The zero-order valence-electron chi connectivity index (χ0n) is 17.5. The number of hydrogen-bond donors (Lipinski definition) is 2. The van der Waals surface area contributed by atoms with E-state index in [1.54, 1.807) is 31.5 Å². The van der Waals surface area contributed by atoms with Gasteiger partial charge in [-0.15, -0.1) is 0 Å². The summed E-state index contributed by atoms with van der Waals surface area (Å²) in [4.78, 5) is 28.5. The molecule has 0 radical (unpaired) electrons. The van der Waals surface area contributed by atoms with Crippen molar-refractivity contribution in [3.63, 3.8) is 0 Å². The summed E-state index contributed by atoms with van der Waals surface area (Å²) in [5, 5.41) is 0. The smallest absolute Gasteiger partial charge is 0.232 e. The largest absolute Gasteiger partial charge is 0.337 e. The summed E-state index contributed by atoms with van der Waals surface area (Å²) in [6.07, 6.45) is 4.64. The number of anilines is 1. The van der Waals surface area contributed by atoms with E-state index >= 15 is 0 Å². The Labute approximate surface area is 188 Å². The first-order chi connectivity index (χ1) is 15.8. The predicted octanol–water partition coefficient (Wildman–Crippen LogP) is 3.88. The van der Waals surface area contributed by atoms with Crippen LogP contribution in [-0.4, -0.2) is 39.9 Å². The summed E-state index contributed by atoms with van der Waals surface area (Å²) >= 11 is 0. The molecule has 0 fully saturated rings. The Morgan fingerprint density at radius 2 is 2.00 bits per heavy atom. The number of pyridine rings is 2. The number of aromatic amines is 1. The summed E-state index contributed by atoms with van der Waals surface area (Å²) in [6, 6.07) is 7.02. The molecule has 0 saturated carbocycles. The number of aromatic nitrogens is 4. The maximum absolute atomic E-state index is 14.9. The molecule has 0 aliphatic rings. The molecule has 0 amide bonds. The zero-order valence-corrected chi connectivity index (χ0v) is 18.3. The topological polar surface area (TPSA) is 118 Å². The minimum Gasteiger partial charge on any atom is -0.337 e. The standard InChI is InChI=1S/C22H19F2N5O3S/c1-2-8-33(31,32)29-16-6-5-15(23)19(20(16)24)18(30)10-13-9-17-22(26-11-13)28-21(27-17)14-4-3-7-25-12-14/h3-7,9,11-12,29H,2,8,10H2,1H3,(H,26,27,28). The van der Waals surface area contributed by atoms with Gasteiger partial charge in [0.15, 0.2) is 17.2 Å². The summed E-state index contributed by atoms with van der Waals surface area (Å²) < 4.78 is 55.2. The lowest BCUT2D eigenvalue weighted by Crippen LogP contribution is -2.19. The minimum absolute atomic E-state index is 0.232. The van der Waals surface area contributed by atoms with Crippen LogP contribution in [0.5, 0.6) is 0 Å². The average molecular weight is 471 g/mol. The Balaban J connectivity index is 1.61. The van der Waals surface area contributed by atoms with E-state index in [-0.39, 0.29) is 12.2 Å². The van der Waals surface area contributed by atoms with E-state index in [9.17, 15) is 22.0 Å². The number of halogens is 2. The molecular formula is C22H19F2N5O3S. The Morgan fingerprint density at radius 1 is 1.18 bits per heavy atom. The van der Waals surface area contributed by atoms with Crippen molar-refractivity contribution in [3.05, 3.63) is 71.7 Å². The van der Waals surface area contributed by atoms with Crippen molar-refractivity contribution >= 4 is 32.7 Å². The van der Waals surface area contributed by atoms with Crippen molar-refractivity contribution in [1.82, 2.24) is 19.9 Å². The van der Waals surface area contributed by atoms with Gasteiger partial charge < -0.3 is 4.98 Å². The highest BCUT2D eigenvalue weighted by Crippen LogP contribution is 2.25. The van der Waals surface area contributed by atoms with E-state index in [2.05, 4.69) is 24.7 Å². The highest BCUT2D eigenvalue weighted by molar-refractivity contribution is 7.92. The van der Waals surface area contributed by atoms with Gasteiger partial charge in [0, 0.05) is 30.6 Å². The van der Waals surface area contributed by atoms with Crippen LogP contribution in [0.15, 0.2) is 48.9 Å². The Bertz CT molecular complexity index is 1440. The fourth-order valence-corrected chi connectivity index (χ4v) is 4.46. The quantitative estimate of drug-likeness (QED) is 0.377. The molecule has 170 valence electrons. The molecule has 2 N–H and O–H groups in total. The lowest BCUT2D eigenvalue weighted by atomic mass is 10.0. The normalized spacial score (nSPS) is 11.6. The number of carbonyl (C=O) groups excluding carboxylic acids is 1. The van der Waals surface area contributed by atoms with Crippen LogP contribution in [0.2, 0.25) is 0 Å². The number of benzene rings is 1. The number of sulfonamides is 1. The van der Waals surface area contributed by atoms with Crippen molar-refractivity contribution in [2.24, 2.45) is 0 Å². The van der Waals surface area contributed by atoms with Gasteiger partial charge in [0.2, 0.25) is 10.0 Å². The number of carbonyl (C=O) groups is 1. The van der Waals surface area contributed by atoms with Gasteiger partial charge >= 0.3 is 0 Å². The van der Waals surface area contributed by atoms with E-state index < -0.39 is 38.7 Å². The third-order valence-corrected chi connectivity index (χ3v) is 6.28. The second-order valence-electron chi connectivity index (χ2n) is 7.35. The number of fused-ring (bicyclic) bond motifs is 1. The van der Waals surface area contributed by atoms with Crippen molar-refractivity contribution in [1.29, 1.82) is 0 Å². The van der Waals surface area contributed by atoms with Gasteiger partial charge in [0.05, 0.1) is 22.5 Å². The van der Waals surface area contributed by atoms with E-state index in [1.807, 2.05) is 6.07 Å². The molecule has 11 heteroatoms. The van der Waals surface area contributed by atoms with Crippen molar-refractivity contribution in [2.45, 2.75) is 19.8 Å². The van der Waals surface area contributed by atoms with E-state index in [0.29, 0.717) is 29.0 Å². The van der Waals surface area contributed by atoms with Crippen LogP contribution < -0.4 is 4.72 Å². The van der Waals surface area contributed by atoms with Crippen LogP contribution in [0, 0.1) is 11.6 Å². The summed E-state index contributed by atoms with van der Waals surface area (Å²) in [5.74, 6) is -2.88. The molecule has 4 rings (SSSR count). The molecule has 0 atom stereocenters. The second kappa shape index (κ2) is 9.02. The van der Waals surface area contributed by atoms with Gasteiger partial charge in [-0.3, -0.25) is 14.5 Å². The first-order valence-corrected chi connectivity index (χ1v) is 11.7. The lowest BCUT2D eigenvalue weighted by molar-refractivity contribution is 0.0985. The first kappa shape index (κ1) is 22.5. The number of nitrogens with zero attached hydrogens (tertiary/aromatic N) is 3. The van der Waals surface area contributed by atoms with Gasteiger partial charge in [-0.05, 0) is 42.3 Å². The number of ketones is 1. The van der Waals surface area contributed by atoms with Gasteiger partial charge in [-0.2, -0.15) is 0 Å². The molecule has 8 nitrogen and oxygen atoms in total. The number of H-pyrrole nitrogens is 1. The summed E-state index contributed by atoms with van der Waals surface area (Å²) in [5.41, 5.74) is 0.823.